The van der Waals surface area contributed by atoms with Crippen molar-refractivity contribution >= 4 is 21.9 Å². The lowest BCUT2D eigenvalue weighted by Crippen LogP contribution is -2.44. The van der Waals surface area contributed by atoms with Gasteiger partial charge in [-0.15, -0.1) is 0 Å². The van der Waals surface area contributed by atoms with Crippen molar-refractivity contribution in [1.29, 1.82) is 0 Å². The van der Waals surface area contributed by atoms with Crippen molar-refractivity contribution in [3.63, 3.8) is 0 Å². The quantitative estimate of drug-likeness (QED) is 0.632. The van der Waals surface area contributed by atoms with Crippen molar-refractivity contribution in [2.45, 2.75) is 44.7 Å². The van der Waals surface area contributed by atoms with Crippen LogP contribution in [0.5, 0.6) is 0 Å². The Morgan fingerprint density at radius 2 is 1.58 bits per heavy atom. The van der Waals surface area contributed by atoms with Crippen LogP contribution < -0.4 is 0 Å². The number of likely N-dealkylation sites (N-methyl/N-ethyl adjacent to an activating group) is 1. The molecule has 0 radical (unpaired) electrons. The van der Waals surface area contributed by atoms with Gasteiger partial charge in [-0.05, 0) is 52.0 Å². The molecule has 0 N–H and O–H groups in total. The van der Waals surface area contributed by atoms with Gasteiger partial charge in [-0.3, -0.25) is 9.59 Å². The van der Waals surface area contributed by atoms with Crippen LogP contribution in [0.3, 0.4) is 0 Å². The molecule has 0 aromatic heterocycles. The van der Waals surface area contributed by atoms with E-state index in [1.807, 2.05) is 27.7 Å². The second-order valence-electron chi connectivity index (χ2n) is 6.36. The van der Waals surface area contributed by atoms with Gasteiger partial charge >= 0.3 is 5.97 Å². The van der Waals surface area contributed by atoms with Gasteiger partial charge in [0.25, 0.3) is 5.91 Å². The van der Waals surface area contributed by atoms with E-state index in [0.717, 1.165) is 28.6 Å². The third-order valence-electron chi connectivity index (χ3n) is 3.63. The number of carbonyl (C=O) groups is 2. The third kappa shape index (κ3) is 5.77. The van der Waals surface area contributed by atoms with E-state index in [-0.39, 0.29) is 22.9 Å². The second-order valence-corrected chi connectivity index (χ2v) is 8.41. The normalized spacial score (nSPS) is 11.9. The Bertz CT molecular complexity index is 724. The van der Waals surface area contributed by atoms with Crippen LogP contribution in [0, 0.1) is 5.82 Å². The zero-order chi connectivity index (χ0) is 20.1. The van der Waals surface area contributed by atoms with Gasteiger partial charge in [0, 0.05) is 19.1 Å². The van der Waals surface area contributed by atoms with Crippen LogP contribution in [0.2, 0.25) is 0 Å². The Labute approximate surface area is 153 Å². The van der Waals surface area contributed by atoms with Gasteiger partial charge in [-0.1, -0.05) is 0 Å². The van der Waals surface area contributed by atoms with E-state index >= 15 is 0 Å². The maximum Gasteiger partial charge on any atom is 0.321 e. The molecule has 0 aliphatic rings. The van der Waals surface area contributed by atoms with E-state index < -0.39 is 35.0 Å². The molecule has 26 heavy (non-hydrogen) atoms. The highest BCUT2D eigenvalue weighted by Gasteiger charge is 2.25. The van der Waals surface area contributed by atoms with Gasteiger partial charge < -0.3 is 9.64 Å². The molecule has 1 amide bonds. The maximum atomic E-state index is 12.9. The lowest BCUT2D eigenvalue weighted by Gasteiger charge is -2.30. The maximum absolute atomic E-state index is 12.9. The van der Waals surface area contributed by atoms with Crippen molar-refractivity contribution in [2.75, 3.05) is 20.2 Å². The SMILES string of the molecule is CC(C)N(C(=O)COC(=O)CN(C)S(=O)(=O)c1ccc(F)cc1)C(C)C. The molecule has 0 heterocycles. The number of rotatable bonds is 8. The monoisotopic (exact) mass is 388 g/mol. The van der Waals surface area contributed by atoms with Crippen LogP contribution >= 0.6 is 0 Å². The number of ether oxygens (including phenoxy) is 1. The molecule has 1 rings (SSSR count). The van der Waals surface area contributed by atoms with Crippen LogP contribution in [-0.2, 0) is 24.3 Å². The molecular formula is C17H25FN2O5S. The fourth-order valence-corrected chi connectivity index (χ4v) is 3.60. The summed E-state index contributed by atoms with van der Waals surface area (Å²) in [5, 5.41) is 0. The fraction of sp³-hybridized carbons (Fsp3) is 0.529. The molecule has 146 valence electrons. The zero-order valence-corrected chi connectivity index (χ0v) is 16.4. The van der Waals surface area contributed by atoms with Crippen molar-refractivity contribution in [1.82, 2.24) is 9.21 Å². The summed E-state index contributed by atoms with van der Waals surface area (Å²) >= 11 is 0. The third-order valence-corrected chi connectivity index (χ3v) is 5.45. The van der Waals surface area contributed by atoms with Crippen molar-refractivity contribution in [3.8, 4) is 0 Å². The van der Waals surface area contributed by atoms with Gasteiger partial charge in [-0.25, -0.2) is 12.8 Å². The van der Waals surface area contributed by atoms with Gasteiger partial charge in [0.1, 0.15) is 12.4 Å². The van der Waals surface area contributed by atoms with Gasteiger partial charge in [-0.2, -0.15) is 4.31 Å². The first-order chi connectivity index (χ1) is 12.0. The minimum atomic E-state index is -3.96. The molecule has 0 saturated carbocycles. The first kappa shape index (κ1) is 22.0. The number of carbonyl (C=O) groups excluding carboxylic acids is 2. The minimum absolute atomic E-state index is 0.0530. The van der Waals surface area contributed by atoms with E-state index in [1.165, 1.54) is 7.05 Å². The van der Waals surface area contributed by atoms with Crippen molar-refractivity contribution in [2.24, 2.45) is 0 Å². The van der Waals surface area contributed by atoms with E-state index in [9.17, 15) is 22.4 Å². The fourth-order valence-electron chi connectivity index (χ4n) is 2.49. The van der Waals surface area contributed by atoms with Gasteiger partial charge in [0.15, 0.2) is 6.61 Å². The molecule has 0 spiro atoms. The van der Waals surface area contributed by atoms with Crippen LogP contribution in [0.4, 0.5) is 4.39 Å². The molecule has 1 aromatic carbocycles. The summed E-state index contributed by atoms with van der Waals surface area (Å²) in [6, 6.07) is 4.15. The largest absolute Gasteiger partial charge is 0.455 e. The van der Waals surface area contributed by atoms with Crippen LogP contribution in [0.15, 0.2) is 29.2 Å². The number of sulfonamides is 1. The molecule has 0 unspecified atom stereocenters. The van der Waals surface area contributed by atoms with E-state index in [0.29, 0.717) is 0 Å². The molecular weight excluding hydrogens is 363 g/mol. The highest BCUT2D eigenvalue weighted by molar-refractivity contribution is 7.89. The number of esters is 1. The van der Waals surface area contributed by atoms with Gasteiger partial charge in [0.05, 0.1) is 4.90 Å². The Balaban J connectivity index is 2.67. The average molecular weight is 388 g/mol. The minimum Gasteiger partial charge on any atom is -0.455 e. The lowest BCUT2D eigenvalue weighted by atomic mass is 10.2. The smallest absolute Gasteiger partial charge is 0.321 e. The number of hydrogen-bond donors (Lipinski definition) is 0. The summed E-state index contributed by atoms with van der Waals surface area (Å²) in [7, 11) is -2.76. The van der Waals surface area contributed by atoms with Crippen LogP contribution in [0.1, 0.15) is 27.7 Å². The molecule has 1 aromatic rings. The molecule has 0 aliphatic heterocycles. The van der Waals surface area contributed by atoms with E-state index in [4.69, 9.17) is 4.74 Å². The summed E-state index contributed by atoms with van der Waals surface area (Å²) in [5.74, 6) is -1.77. The summed E-state index contributed by atoms with van der Waals surface area (Å²) in [6.07, 6.45) is 0. The predicted octanol–water partition coefficient (Wildman–Crippen LogP) is 1.63. The average Bonchev–Trinajstić information content (AvgIpc) is 2.52. The Morgan fingerprint density at radius 3 is 2.04 bits per heavy atom. The molecule has 7 nitrogen and oxygen atoms in total. The second kappa shape index (κ2) is 9.09. The van der Waals surface area contributed by atoms with Crippen LogP contribution in [0.25, 0.3) is 0 Å². The number of amides is 1. The molecule has 0 saturated heterocycles. The molecule has 0 bridgehead atoms. The summed E-state index contributed by atoms with van der Waals surface area (Å²) in [5.41, 5.74) is 0. The predicted molar refractivity (Wildman–Crippen MR) is 94.3 cm³/mol. The summed E-state index contributed by atoms with van der Waals surface area (Å²) in [6.45, 7) is 6.38. The van der Waals surface area contributed by atoms with Crippen LogP contribution in [-0.4, -0.2) is 61.8 Å². The number of hydrogen-bond acceptors (Lipinski definition) is 5. The molecule has 9 heteroatoms. The van der Waals surface area contributed by atoms with E-state index in [2.05, 4.69) is 0 Å². The topological polar surface area (TPSA) is 84.0 Å². The molecule has 0 aliphatic carbocycles. The number of halogens is 1. The number of benzene rings is 1. The standard InChI is InChI=1S/C17H25FN2O5S/c1-12(2)20(13(3)4)16(21)11-25-17(22)10-19(5)26(23,24)15-8-6-14(18)7-9-15/h6-9,12-13H,10-11H2,1-5H3. The lowest BCUT2D eigenvalue weighted by molar-refractivity contribution is -0.153. The molecule has 0 fully saturated rings. The first-order valence-corrected chi connectivity index (χ1v) is 9.59. The van der Waals surface area contributed by atoms with Crippen molar-refractivity contribution < 1.29 is 27.1 Å². The van der Waals surface area contributed by atoms with Gasteiger partial charge in [0.2, 0.25) is 10.0 Å². The summed E-state index contributed by atoms with van der Waals surface area (Å²) in [4.78, 5) is 25.5. The highest BCUT2D eigenvalue weighted by atomic mass is 32.2. The number of nitrogens with zero attached hydrogens (tertiary/aromatic N) is 2. The Morgan fingerprint density at radius 1 is 1.08 bits per heavy atom. The Hall–Kier alpha value is -2.00. The Kier molecular flexibility index (Phi) is 7.70. The molecule has 0 atom stereocenters. The van der Waals surface area contributed by atoms with Crippen molar-refractivity contribution in [3.05, 3.63) is 30.1 Å². The van der Waals surface area contributed by atoms with E-state index in [1.54, 1.807) is 4.90 Å². The summed E-state index contributed by atoms with van der Waals surface area (Å²) < 4.78 is 43.3. The first-order valence-electron chi connectivity index (χ1n) is 8.15. The highest BCUT2D eigenvalue weighted by Crippen LogP contribution is 2.14. The zero-order valence-electron chi connectivity index (χ0n) is 15.6.